The number of nitrogens with zero attached hydrogens (tertiary/aromatic N) is 2. The van der Waals surface area contributed by atoms with E-state index >= 15 is 0 Å². The van der Waals surface area contributed by atoms with Gasteiger partial charge in [-0.1, -0.05) is 54.1 Å². The average Bonchev–Trinajstić information content (AvgIpc) is 2.70. The summed E-state index contributed by atoms with van der Waals surface area (Å²) in [4.78, 5) is 23.0. The molecule has 138 valence electrons. The van der Waals surface area contributed by atoms with Crippen LogP contribution in [0.25, 0.3) is 17.0 Å². The summed E-state index contributed by atoms with van der Waals surface area (Å²) in [6, 6.07) is 19.8. The standard InChI is InChI=1S/C23H19N3O2/c1-16(13-17-5-3-2-4-6-17)14-18-7-9-19(10-8-18)28-23-25-21-15-24-12-11-20(21)22(27)26-23/h2-12,14-15H,13H2,1H3,(H,25,26,27)/b16-14+. The van der Waals surface area contributed by atoms with E-state index in [1.54, 1.807) is 18.5 Å². The SMILES string of the molecule is C/C(=C\c1ccc(Oc2nc3cnccc3c(=O)[nH]2)cc1)Cc1ccccc1. The first-order chi connectivity index (χ1) is 13.7. The maximum absolute atomic E-state index is 12.1. The van der Waals surface area contributed by atoms with E-state index in [0.717, 1.165) is 12.0 Å². The zero-order valence-electron chi connectivity index (χ0n) is 15.4. The van der Waals surface area contributed by atoms with Crippen molar-refractivity contribution in [3.05, 3.63) is 100 Å². The van der Waals surface area contributed by atoms with Gasteiger partial charge in [-0.05, 0) is 42.7 Å². The van der Waals surface area contributed by atoms with E-state index in [4.69, 9.17) is 4.74 Å². The van der Waals surface area contributed by atoms with Gasteiger partial charge in [0.2, 0.25) is 0 Å². The van der Waals surface area contributed by atoms with Crippen LogP contribution in [0.2, 0.25) is 0 Å². The first-order valence-corrected chi connectivity index (χ1v) is 9.00. The molecule has 0 aliphatic carbocycles. The fraction of sp³-hybridized carbons (Fsp3) is 0.0870. The second kappa shape index (κ2) is 7.88. The van der Waals surface area contributed by atoms with Gasteiger partial charge in [0, 0.05) is 6.20 Å². The third-order valence-electron chi connectivity index (χ3n) is 4.32. The highest BCUT2D eigenvalue weighted by atomic mass is 16.5. The van der Waals surface area contributed by atoms with Gasteiger partial charge in [-0.15, -0.1) is 0 Å². The molecule has 2 aromatic heterocycles. The highest BCUT2D eigenvalue weighted by Gasteiger charge is 2.05. The van der Waals surface area contributed by atoms with Gasteiger partial charge < -0.3 is 4.74 Å². The lowest BCUT2D eigenvalue weighted by Crippen LogP contribution is -2.09. The Morgan fingerprint density at radius 1 is 1.07 bits per heavy atom. The number of aromatic amines is 1. The molecule has 0 atom stereocenters. The Labute approximate surface area is 162 Å². The third-order valence-corrected chi connectivity index (χ3v) is 4.32. The molecule has 0 fully saturated rings. The smallest absolute Gasteiger partial charge is 0.302 e. The molecule has 2 aromatic carbocycles. The molecule has 0 saturated carbocycles. The number of hydrogen-bond acceptors (Lipinski definition) is 4. The van der Waals surface area contributed by atoms with E-state index in [-0.39, 0.29) is 11.6 Å². The van der Waals surface area contributed by atoms with Gasteiger partial charge in [-0.2, -0.15) is 4.98 Å². The Balaban J connectivity index is 1.49. The summed E-state index contributed by atoms with van der Waals surface area (Å²) in [6.07, 6.45) is 6.17. The van der Waals surface area contributed by atoms with Gasteiger partial charge >= 0.3 is 6.01 Å². The van der Waals surface area contributed by atoms with Crippen molar-refractivity contribution in [3.63, 3.8) is 0 Å². The van der Waals surface area contributed by atoms with E-state index in [9.17, 15) is 4.79 Å². The summed E-state index contributed by atoms with van der Waals surface area (Å²) in [5, 5.41) is 0.483. The summed E-state index contributed by atoms with van der Waals surface area (Å²) >= 11 is 0. The Morgan fingerprint density at radius 3 is 2.64 bits per heavy atom. The molecule has 5 nitrogen and oxygen atoms in total. The molecule has 0 bridgehead atoms. The minimum atomic E-state index is -0.251. The van der Waals surface area contributed by atoms with Crippen LogP contribution in [0.5, 0.6) is 11.8 Å². The summed E-state index contributed by atoms with van der Waals surface area (Å²) in [5.74, 6) is 0.601. The molecule has 0 radical (unpaired) electrons. The molecular weight excluding hydrogens is 350 g/mol. The van der Waals surface area contributed by atoms with Crippen LogP contribution in [-0.2, 0) is 6.42 Å². The van der Waals surface area contributed by atoms with Crippen LogP contribution < -0.4 is 10.3 Å². The summed E-state index contributed by atoms with van der Waals surface area (Å²) in [7, 11) is 0. The molecule has 0 spiro atoms. The zero-order valence-corrected chi connectivity index (χ0v) is 15.4. The molecule has 4 rings (SSSR count). The second-order valence-electron chi connectivity index (χ2n) is 6.59. The highest BCUT2D eigenvalue weighted by molar-refractivity contribution is 5.76. The van der Waals surface area contributed by atoms with Gasteiger partial charge in [-0.3, -0.25) is 14.8 Å². The number of rotatable bonds is 5. The van der Waals surface area contributed by atoms with Crippen LogP contribution in [0.4, 0.5) is 0 Å². The number of benzene rings is 2. The Morgan fingerprint density at radius 2 is 1.86 bits per heavy atom. The molecular formula is C23H19N3O2. The quantitative estimate of drug-likeness (QED) is 0.551. The summed E-state index contributed by atoms with van der Waals surface area (Å²) in [5.41, 5.74) is 3.89. The predicted molar refractivity (Wildman–Crippen MR) is 110 cm³/mol. The monoisotopic (exact) mass is 369 g/mol. The summed E-state index contributed by atoms with van der Waals surface area (Å²) < 4.78 is 5.71. The molecule has 0 amide bonds. The van der Waals surface area contributed by atoms with Crippen LogP contribution in [0.15, 0.2) is 83.4 Å². The lowest BCUT2D eigenvalue weighted by atomic mass is 10.0. The van der Waals surface area contributed by atoms with Crippen LogP contribution in [0, 0.1) is 0 Å². The van der Waals surface area contributed by atoms with Crippen molar-refractivity contribution in [3.8, 4) is 11.8 Å². The third kappa shape index (κ3) is 4.15. The number of nitrogens with one attached hydrogen (secondary N) is 1. The van der Waals surface area contributed by atoms with E-state index < -0.39 is 0 Å². The van der Waals surface area contributed by atoms with Crippen molar-refractivity contribution >= 4 is 17.0 Å². The largest absolute Gasteiger partial charge is 0.426 e. The van der Waals surface area contributed by atoms with Crippen LogP contribution in [0.1, 0.15) is 18.1 Å². The number of ether oxygens (including phenoxy) is 1. The zero-order chi connectivity index (χ0) is 19.3. The van der Waals surface area contributed by atoms with E-state index in [1.807, 2.05) is 30.3 Å². The molecule has 0 unspecified atom stereocenters. The van der Waals surface area contributed by atoms with Crippen molar-refractivity contribution in [1.29, 1.82) is 0 Å². The lowest BCUT2D eigenvalue weighted by Gasteiger charge is -2.06. The molecule has 0 aliphatic rings. The van der Waals surface area contributed by atoms with Crippen molar-refractivity contribution in [1.82, 2.24) is 15.0 Å². The van der Waals surface area contributed by atoms with Crippen molar-refractivity contribution in [2.45, 2.75) is 13.3 Å². The van der Waals surface area contributed by atoms with Gasteiger partial charge in [0.25, 0.3) is 5.56 Å². The number of H-pyrrole nitrogens is 1. The fourth-order valence-corrected chi connectivity index (χ4v) is 3.01. The van der Waals surface area contributed by atoms with Gasteiger partial charge in [0.15, 0.2) is 0 Å². The number of hydrogen-bond donors (Lipinski definition) is 1. The lowest BCUT2D eigenvalue weighted by molar-refractivity contribution is 0.442. The predicted octanol–water partition coefficient (Wildman–Crippen LogP) is 4.76. The van der Waals surface area contributed by atoms with Gasteiger partial charge in [-0.25, -0.2) is 0 Å². The van der Waals surface area contributed by atoms with E-state index in [1.165, 1.54) is 11.1 Å². The van der Waals surface area contributed by atoms with E-state index in [2.05, 4.69) is 52.2 Å². The minimum Gasteiger partial charge on any atom is -0.426 e. The van der Waals surface area contributed by atoms with Crippen LogP contribution in [-0.4, -0.2) is 15.0 Å². The van der Waals surface area contributed by atoms with Crippen molar-refractivity contribution in [2.75, 3.05) is 0 Å². The molecule has 28 heavy (non-hydrogen) atoms. The van der Waals surface area contributed by atoms with Crippen LogP contribution in [0.3, 0.4) is 0 Å². The summed E-state index contributed by atoms with van der Waals surface area (Å²) in [6.45, 7) is 2.12. The van der Waals surface area contributed by atoms with Crippen LogP contribution >= 0.6 is 0 Å². The molecule has 5 heteroatoms. The Kier molecular flexibility index (Phi) is 4.97. The molecule has 1 N–H and O–H groups in total. The Hall–Kier alpha value is -3.73. The Bertz CT molecular complexity index is 1180. The van der Waals surface area contributed by atoms with Crippen molar-refractivity contribution < 1.29 is 4.74 Å². The number of fused-ring (bicyclic) bond motifs is 1. The normalized spacial score (nSPS) is 11.5. The molecule has 0 saturated heterocycles. The number of pyridine rings is 1. The van der Waals surface area contributed by atoms with Gasteiger partial charge in [0.05, 0.1) is 17.1 Å². The fourth-order valence-electron chi connectivity index (χ4n) is 3.01. The minimum absolute atomic E-state index is 0.147. The first kappa shape index (κ1) is 17.7. The number of aromatic nitrogens is 3. The second-order valence-corrected chi connectivity index (χ2v) is 6.59. The maximum Gasteiger partial charge on any atom is 0.302 e. The van der Waals surface area contributed by atoms with E-state index in [0.29, 0.717) is 16.7 Å². The average molecular weight is 369 g/mol. The highest BCUT2D eigenvalue weighted by Crippen LogP contribution is 2.20. The first-order valence-electron chi connectivity index (χ1n) is 9.00. The molecule has 2 heterocycles. The van der Waals surface area contributed by atoms with Crippen molar-refractivity contribution in [2.24, 2.45) is 0 Å². The topological polar surface area (TPSA) is 67.9 Å². The molecule has 4 aromatic rings. The maximum atomic E-state index is 12.1. The van der Waals surface area contributed by atoms with Gasteiger partial charge in [0.1, 0.15) is 5.75 Å². The molecule has 0 aliphatic heterocycles. The number of allylic oxidation sites excluding steroid dienone is 1.